The third kappa shape index (κ3) is 2.42. The molecule has 0 saturated carbocycles. The minimum Gasteiger partial charge on any atom is -0.398 e. The SMILES string of the molecule is Nc1cc(F)cc(F)c1C=CCCl. The zero-order chi connectivity index (χ0) is 9.84. The third-order valence-corrected chi connectivity index (χ3v) is 1.68. The van der Waals surface area contributed by atoms with E-state index in [1.165, 1.54) is 12.2 Å². The average molecular weight is 204 g/mol. The van der Waals surface area contributed by atoms with Gasteiger partial charge in [-0.1, -0.05) is 12.2 Å². The highest BCUT2D eigenvalue weighted by atomic mass is 35.5. The van der Waals surface area contributed by atoms with Crippen LogP contribution in [0.3, 0.4) is 0 Å². The van der Waals surface area contributed by atoms with E-state index in [0.717, 1.165) is 12.1 Å². The molecule has 0 aliphatic carbocycles. The van der Waals surface area contributed by atoms with Crippen molar-refractivity contribution in [3.8, 4) is 0 Å². The minimum atomic E-state index is -0.682. The Hall–Kier alpha value is -1.09. The summed E-state index contributed by atoms with van der Waals surface area (Å²) in [6, 6.07) is 1.85. The average Bonchev–Trinajstić information content (AvgIpc) is 2.02. The van der Waals surface area contributed by atoms with E-state index in [-0.39, 0.29) is 17.1 Å². The molecular weight excluding hydrogens is 196 g/mol. The van der Waals surface area contributed by atoms with Gasteiger partial charge in [0.2, 0.25) is 0 Å². The molecule has 0 bridgehead atoms. The fraction of sp³-hybridized carbons (Fsp3) is 0.111. The monoisotopic (exact) mass is 203 g/mol. The molecule has 13 heavy (non-hydrogen) atoms. The molecule has 0 aromatic heterocycles. The summed E-state index contributed by atoms with van der Waals surface area (Å²) in [5.41, 5.74) is 5.63. The summed E-state index contributed by atoms with van der Waals surface area (Å²) in [5.74, 6) is -1.10. The van der Waals surface area contributed by atoms with Crippen molar-refractivity contribution in [3.63, 3.8) is 0 Å². The Morgan fingerprint density at radius 3 is 2.62 bits per heavy atom. The van der Waals surface area contributed by atoms with Crippen LogP contribution in [0.4, 0.5) is 14.5 Å². The molecule has 0 aliphatic heterocycles. The summed E-state index contributed by atoms with van der Waals surface area (Å²) >= 11 is 5.36. The van der Waals surface area contributed by atoms with E-state index >= 15 is 0 Å². The Labute approximate surface area is 79.8 Å². The predicted molar refractivity (Wildman–Crippen MR) is 50.5 cm³/mol. The van der Waals surface area contributed by atoms with Gasteiger partial charge in [0.25, 0.3) is 0 Å². The molecule has 1 aromatic carbocycles. The van der Waals surface area contributed by atoms with Crippen LogP contribution in [-0.4, -0.2) is 5.88 Å². The number of alkyl halides is 1. The summed E-state index contributed by atoms with van der Waals surface area (Å²) in [5, 5.41) is 0. The van der Waals surface area contributed by atoms with Crippen molar-refractivity contribution < 1.29 is 8.78 Å². The molecule has 2 N–H and O–H groups in total. The van der Waals surface area contributed by atoms with Gasteiger partial charge in [0.15, 0.2) is 0 Å². The predicted octanol–water partition coefficient (Wildman–Crippen LogP) is 2.80. The molecule has 0 fully saturated rings. The molecule has 1 nitrogen and oxygen atoms in total. The number of allylic oxidation sites excluding steroid dienone is 1. The van der Waals surface area contributed by atoms with E-state index < -0.39 is 11.6 Å². The maximum atomic E-state index is 13.0. The highest BCUT2D eigenvalue weighted by Gasteiger charge is 2.05. The lowest BCUT2D eigenvalue weighted by Gasteiger charge is -2.01. The largest absolute Gasteiger partial charge is 0.398 e. The van der Waals surface area contributed by atoms with Crippen LogP contribution in [0.25, 0.3) is 6.08 Å². The molecule has 1 aromatic rings. The van der Waals surface area contributed by atoms with Crippen molar-refractivity contribution >= 4 is 23.4 Å². The van der Waals surface area contributed by atoms with Crippen LogP contribution >= 0.6 is 11.6 Å². The normalized spacial score (nSPS) is 11.0. The first-order chi connectivity index (χ1) is 6.15. The summed E-state index contributed by atoms with van der Waals surface area (Å²) in [6.07, 6.45) is 2.96. The summed E-state index contributed by atoms with van der Waals surface area (Å²) in [4.78, 5) is 0. The fourth-order valence-corrected chi connectivity index (χ4v) is 1.03. The number of hydrogen-bond donors (Lipinski definition) is 1. The van der Waals surface area contributed by atoms with Gasteiger partial charge in [-0.3, -0.25) is 0 Å². The Balaban J connectivity index is 3.13. The lowest BCUT2D eigenvalue weighted by molar-refractivity contribution is 0.583. The van der Waals surface area contributed by atoms with Crippen molar-refractivity contribution in [2.24, 2.45) is 0 Å². The first-order valence-corrected chi connectivity index (χ1v) is 4.15. The third-order valence-electron chi connectivity index (χ3n) is 1.50. The van der Waals surface area contributed by atoms with E-state index in [2.05, 4.69) is 0 Å². The maximum Gasteiger partial charge on any atom is 0.135 e. The molecule has 0 amide bonds. The van der Waals surface area contributed by atoms with Crippen LogP contribution in [0.15, 0.2) is 18.2 Å². The zero-order valence-electron chi connectivity index (χ0n) is 6.73. The topological polar surface area (TPSA) is 26.0 Å². The van der Waals surface area contributed by atoms with Crippen LogP contribution in [-0.2, 0) is 0 Å². The highest BCUT2D eigenvalue weighted by molar-refractivity contribution is 6.19. The molecule has 0 spiro atoms. The first-order valence-electron chi connectivity index (χ1n) is 3.62. The lowest BCUT2D eigenvalue weighted by atomic mass is 10.1. The molecule has 0 radical (unpaired) electrons. The molecule has 0 heterocycles. The number of nitrogens with two attached hydrogens (primary N) is 1. The Morgan fingerprint density at radius 1 is 1.38 bits per heavy atom. The lowest BCUT2D eigenvalue weighted by Crippen LogP contribution is -1.94. The first kappa shape index (κ1) is 9.99. The quantitative estimate of drug-likeness (QED) is 0.581. The van der Waals surface area contributed by atoms with Crippen molar-refractivity contribution in [2.75, 3.05) is 11.6 Å². The van der Waals surface area contributed by atoms with E-state index in [9.17, 15) is 8.78 Å². The number of hydrogen-bond acceptors (Lipinski definition) is 1. The van der Waals surface area contributed by atoms with Crippen LogP contribution in [0.1, 0.15) is 5.56 Å². The van der Waals surface area contributed by atoms with Gasteiger partial charge in [0, 0.05) is 23.2 Å². The number of nitrogen functional groups attached to an aromatic ring is 1. The number of benzene rings is 1. The zero-order valence-corrected chi connectivity index (χ0v) is 7.48. The standard InChI is InChI=1S/C9H8ClF2N/c10-3-1-2-7-8(12)4-6(11)5-9(7)13/h1-2,4-5H,3,13H2. The van der Waals surface area contributed by atoms with Crippen LogP contribution in [0, 0.1) is 11.6 Å². The van der Waals surface area contributed by atoms with E-state index in [4.69, 9.17) is 17.3 Å². The summed E-state index contributed by atoms with van der Waals surface area (Å²) in [7, 11) is 0. The number of anilines is 1. The fourth-order valence-electron chi connectivity index (χ4n) is 0.943. The highest BCUT2D eigenvalue weighted by Crippen LogP contribution is 2.19. The molecular formula is C9H8ClF2N. The van der Waals surface area contributed by atoms with E-state index in [0.29, 0.717) is 0 Å². The van der Waals surface area contributed by atoms with Crippen molar-refractivity contribution in [2.45, 2.75) is 0 Å². The van der Waals surface area contributed by atoms with E-state index in [1.54, 1.807) is 0 Å². The van der Waals surface area contributed by atoms with Crippen LogP contribution in [0.2, 0.25) is 0 Å². The minimum absolute atomic E-state index is 0.0684. The van der Waals surface area contributed by atoms with Crippen molar-refractivity contribution in [1.29, 1.82) is 0 Å². The van der Waals surface area contributed by atoms with Crippen molar-refractivity contribution in [1.82, 2.24) is 0 Å². The van der Waals surface area contributed by atoms with Gasteiger partial charge in [-0.25, -0.2) is 8.78 Å². The molecule has 4 heteroatoms. The molecule has 0 saturated heterocycles. The molecule has 0 unspecified atom stereocenters. The van der Waals surface area contributed by atoms with Crippen LogP contribution in [0.5, 0.6) is 0 Å². The summed E-state index contributed by atoms with van der Waals surface area (Å²) < 4.78 is 25.6. The summed E-state index contributed by atoms with van der Waals surface area (Å²) in [6.45, 7) is 0. The van der Waals surface area contributed by atoms with Crippen LogP contribution < -0.4 is 5.73 Å². The second-order valence-electron chi connectivity index (χ2n) is 2.45. The van der Waals surface area contributed by atoms with Gasteiger partial charge >= 0.3 is 0 Å². The molecule has 0 aliphatic rings. The maximum absolute atomic E-state index is 13.0. The van der Waals surface area contributed by atoms with Gasteiger partial charge in [-0.05, 0) is 6.07 Å². The second-order valence-corrected chi connectivity index (χ2v) is 2.76. The van der Waals surface area contributed by atoms with E-state index in [1.807, 2.05) is 0 Å². The molecule has 1 rings (SSSR count). The second kappa shape index (κ2) is 4.23. The number of halogens is 3. The smallest absolute Gasteiger partial charge is 0.135 e. The van der Waals surface area contributed by atoms with Gasteiger partial charge in [0.1, 0.15) is 11.6 Å². The Bertz CT molecular complexity index is 313. The number of rotatable bonds is 2. The van der Waals surface area contributed by atoms with Gasteiger partial charge < -0.3 is 5.73 Å². The molecule has 70 valence electrons. The molecule has 0 atom stereocenters. The Morgan fingerprint density at radius 2 is 2.08 bits per heavy atom. The van der Waals surface area contributed by atoms with Gasteiger partial charge in [-0.15, -0.1) is 11.6 Å². The van der Waals surface area contributed by atoms with Crippen molar-refractivity contribution in [3.05, 3.63) is 35.4 Å². The van der Waals surface area contributed by atoms with Gasteiger partial charge in [0.05, 0.1) is 0 Å². The van der Waals surface area contributed by atoms with Gasteiger partial charge in [-0.2, -0.15) is 0 Å². The Kier molecular flexibility index (Phi) is 3.25.